The maximum absolute atomic E-state index is 12.7. The van der Waals surface area contributed by atoms with Crippen LogP contribution in [0.4, 0.5) is 0 Å². The fraction of sp³-hybridized carbons (Fsp3) is 0.609. The second-order valence-corrected chi connectivity index (χ2v) is 8.90. The Balaban J connectivity index is 0.00000231. The molecule has 1 saturated carbocycles. The maximum atomic E-state index is 12.7. The van der Waals surface area contributed by atoms with Gasteiger partial charge >= 0.3 is 5.97 Å². The average molecular weight is 451 g/mol. The van der Waals surface area contributed by atoms with E-state index < -0.39 is 18.1 Å². The topological polar surface area (TPSA) is 84.0 Å². The van der Waals surface area contributed by atoms with Gasteiger partial charge in [0.25, 0.3) is 0 Å². The van der Waals surface area contributed by atoms with E-state index >= 15 is 0 Å². The minimum absolute atomic E-state index is 0. The number of ether oxygens (including phenoxy) is 3. The van der Waals surface area contributed by atoms with Gasteiger partial charge in [-0.25, -0.2) is 0 Å². The van der Waals surface area contributed by atoms with Crippen molar-refractivity contribution >= 4 is 29.3 Å². The first-order valence-corrected chi connectivity index (χ1v) is 10.8. The summed E-state index contributed by atoms with van der Waals surface area (Å²) in [6.07, 6.45) is 1.36. The summed E-state index contributed by atoms with van der Waals surface area (Å²) in [6, 6.07) is 6.44. The Hall–Kier alpha value is -1.80. The van der Waals surface area contributed by atoms with Crippen LogP contribution in [0.2, 0.25) is 0 Å². The molecule has 170 valence electrons. The number of nitrogens with zero attached hydrogens (tertiary/aromatic N) is 1. The van der Waals surface area contributed by atoms with E-state index in [1.807, 2.05) is 6.07 Å². The van der Waals surface area contributed by atoms with Crippen molar-refractivity contribution in [2.45, 2.75) is 37.5 Å². The summed E-state index contributed by atoms with van der Waals surface area (Å²) < 4.78 is 16.1. The molecule has 0 unspecified atom stereocenters. The Kier molecular flexibility index (Phi) is 6.23. The first kappa shape index (κ1) is 22.4. The van der Waals surface area contributed by atoms with Crippen LogP contribution in [0.1, 0.15) is 30.1 Å². The van der Waals surface area contributed by atoms with Crippen LogP contribution in [-0.4, -0.2) is 67.6 Å². The number of H-pyrrole nitrogens is 1. The molecule has 31 heavy (non-hydrogen) atoms. The monoisotopic (exact) mass is 450 g/mol. The molecule has 2 aliphatic heterocycles. The lowest BCUT2D eigenvalue weighted by Crippen LogP contribution is -2.57. The number of aliphatic hydroxyl groups excluding tert-OH is 1. The van der Waals surface area contributed by atoms with Gasteiger partial charge in [-0.15, -0.1) is 12.4 Å². The number of benzene rings is 1. The Morgan fingerprint density at radius 1 is 1.23 bits per heavy atom. The third-order valence-corrected chi connectivity index (χ3v) is 7.62. The molecule has 2 fully saturated rings. The van der Waals surface area contributed by atoms with E-state index in [9.17, 15) is 9.90 Å². The summed E-state index contributed by atoms with van der Waals surface area (Å²) >= 11 is 0. The van der Waals surface area contributed by atoms with Gasteiger partial charge in [0.1, 0.15) is 5.75 Å². The van der Waals surface area contributed by atoms with Gasteiger partial charge < -0.3 is 24.3 Å². The second-order valence-electron chi connectivity index (χ2n) is 8.90. The number of rotatable bonds is 3. The van der Waals surface area contributed by atoms with Crippen LogP contribution in [0.15, 0.2) is 18.2 Å². The number of methoxy groups -OCH3 is 3. The molecule has 0 amide bonds. The summed E-state index contributed by atoms with van der Waals surface area (Å²) in [5.74, 6) is 0.514. The van der Waals surface area contributed by atoms with Crippen molar-refractivity contribution in [2.24, 2.45) is 17.8 Å². The molecule has 3 heterocycles. The average Bonchev–Trinajstić information content (AvgIpc) is 3.14. The van der Waals surface area contributed by atoms with Crippen molar-refractivity contribution in [3.05, 3.63) is 29.5 Å². The van der Waals surface area contributed by atoms with Gasteiger partial charge in [-0.3, -0.25) is 9.69 Å². The van der Waals surface area contributed by atoms with Gasteiger partial charge in [0.2, 0.25) is 0 Å². The van der Waals surface area contributed by atoms with E-state index in [4.69, 9.17) is 14.2 Å². The molecule has 1 aromatic carbocycles. The highest BCUT2D eigenvalue weighted by molar-refractivity contribution is 5.86. The van der Waals surface area contributed by atoms with E-state index in [-0.39, 0.29) is 36.3 Å². The standard InChI is InChI=1S/C23H30N2O5.ClH/c1-28-13-4-5-14-15-6-7-25-11-12-8-19(26)22(29-2)20(23(27)30-3)16(12)10-18(25)21(15)24-17(14)9-13;/h4-5,9,12,16,18-20,22,24,26H,6-8,10-11H2,1-3H3;1H/t12-,16+,18-,19-,20+,22+;/m1./s1. The Morgan fingerprint density at radius 2 is 2.03 bits per heavy atom. The zero-order valence-corrected chi connectivity index (χ0v) is 19.0. The first-order chi connectivity index (χ1) is 14.5. The predicted octanol–water partition coefficient (Wildman–Crippen LogP) is 2.70. The number of carbonyl (C=O) groups is 1. The summed E-state index contributed by atoms with van der Waals surface area (Å²) in [5, 5.41) is 11.9. The number of piperidine rings is 1. The van der Waals surface area contributed by atoms with Crippen LogP contribution in [-0.2, 0) is 20.7 Å². The van der Waals surface area contributed by atoms with Crippen LogP contribution in [0.25, 0.3) is 10.9 Å². The first-order valence-electron chi connectivity index (χ1n) is 10.8. The van der Waals surface area contributed by atoms with Crippen molar-refractivity contribution in [3.8, 4) is 5.75 Å². The zero-order chi connectivity index (χ0) is 21.0. The summed E-state index contributed by atoms with van der Waals surface area (Å²) in [5.41, 5.74) is 3.73. The van der Waals surface area contributed by atoms with Crippen molar-refractivity contribution in [3.63, 3.8) is 0 Å². The number of fused-ring (bicyclic) bond motifs is 6. The van der Waals surface area contributed by atoms with Gasteiger partial charge in [0.15, 0.2) is 0 Å². The largest absolute Gasteiger partial charge is 0.497 e. The molecule has 5 rings (SSSR count). The Bertz CT molecular complexity index is 963. The minimum atomic E-state index is -0.641. The Labute approximate surface area is 188 Å². The van der Waals surface area contributed by atoms with Gasteiger partial charge in [0, 0.05) is 42.9 Å². The van der Waals surface area contributed by atoms with Gasteiger partial charge in [0.05, 0.1) is 38.4 Å². The van der Waals surface area contributed by atoms with Gasteiger partial charge in [-0.05, 0) is 48.8 Å². The molecule has 7 nitrogen and oxygen atoms in total. The lowest BCUT2D eigenvalue weighted by molar-refractivity contribution is -0.175. The molecule has 8 heteroatoms. The number of nitrogens with one attached hydrogen (secondary N) is 1. The molecule has 1 aliphatic carbocycles. The van der Waals surface area contributed by atoms with Crippen LogP contribution in [0, 0.1) is 17.8 Å². The lowest BCUT2D eigenvalue weighted by atomic mass is 9.64. The number of hydrogen-bond acceptors (Lipinski definition) is 6. The number of aromatic amines is 1. The highest BCUT2D eigenvalue weighted by atomic mass is 35.5. The summed E-state index contributed by atoms with van der Waals surface area (Å²) in [6.45, 7) is 1.88. The molecular weight excluding hydrogens is 420 g/mol. The number of aliphatic hydroxyl groups is 1. The third-order valence-electron chi connectivity index (χ3n) is 7.62. The van der Waals surface area contributed by atoms with E-state index in [1.54, 1.807) is 14.2 Å². The van der Waals surface area contributed by atoms with E-state index in [2.05, 4.69) is 22.0 Å². The van der Waals surface area contributed by atoms with Gasteiger partial charge in [-0.2, -0.15) is 0 Å². The number of esters is 1. The fourth-order valence-electron chi connectivity index (χ4n) is 6.27. The van der Waals surface area contributed by atoms with Crippen LogP contribution >= 0.6 is 12.4 Å². The maximum Gasteiger partial charge on any atom is 0.311 e. The van der Waals surface area contributed by atoms with Crippen LogP contribution in [0.5, 0.6) is 5.75 Å². The molecule has 2 N–H and O–H groups in total. The fourth-order valence-corrected chi connectivity index (χ4v) is 6.27. The van der Waals surface area contributed by atoms with E-state index in [0.29, 0.717) is 6.42 Å². The number of halogens is 1. The molecule has 3 aliphatic rings. The quantitative estimate of drug-likeness (QED) is 0.699. The van der Waals surface area contributed by atoms with E-state index in [0.717, 1.165) is 37.2 Å². The van der Waals surface area contributed by atoms with Crippen molar-refractivity contribution in [1.82, 2.24) is 9.88 Å². The molecule has 2 aromatic rings. The third kappa shape index (κ3) is 3.52. The van der Waals surface area contributed by atoms with E-state index in [1.165, 1.54) is 23.8 Å². The van der Waals surface area contributed by atoms with Crippen LogP contribution < -0.4 is 4.74 Å². The number of hydrogen-bond donors (Lipinski definition) is 2. The van der Waals surface area contributed by atoms with Crippen molar-refractivity contribution in [1.29, 1.82) is 0 Å². The second kappa shape index (κ2) is 8.62. The van der Waals surface area contributed by atoms with Gasteiger partial charge in [-0.1, -0.05) is 0 Å². The van der Waals surface area contributed by atoms with Crippen molar-refractivity contribution < 1.29 is 24.1 Å². The molecular formula is C23H31ClN2O5. The molecule has 0 spiro atoms. The van der Waals surface area contributed by atoms with Crippen LogP contribution in [0.3, 0.4) is 0 Å². The zero-order valence-electron chi connectivity index (χ0n) is 18.2. The molecule has 1 aromatic heterocycles. The highest BCUT2D eigenvalue weighted by Crippen LogP contribution is 2.50. The minimum Gasteiger partial charge on any atom is -0.497 e. The number of aromatic nitrogens is 1. The smallest absolute Gasteiger partial charge is 0.311 e. The Morgan fingerprint density at radius 3 is 2.74 bits per heavy atom. The normalized spacial score (nSPS) is 32.4. The lowest BCUT2D eigenvalue weighted by Gasteiger charge is -2.52. The molecule has 6 atom stereocenters. The molecule has 1 saturated heterocycles. The summed E-state index contributed by atoms with van der Waals surface area (Å²) in [7, 11) is 4.68. The molecule has 0 radical (unpaired) electrons. The summed E-state index contributed by atoms with van der Waals surface area (Å²) in [4.78, 5) is 18.9. The SMILES string of the molecule is COC(=O)[C@H]1[C@H]2C[C@@H]3c4[nH]c5cc(OC)ccc5c4CCN3C[C@H]2C[C@@H](O)[C@@H]1OC.Cl. The molecule has 0 bridgehead atoms. The van der Waals surface area contributed by atoms with Crippen molar-refractivity contribution in [2.75, 3.05) is 34.4 Å². The number of carbonyl (C=O) groups excluding carboxylic acids is 1. The highest BCUT2D eigenvalue weighted by Gasteiger charge is 2.53. The predicted molar refractivity (Wildman–Crippen MR) is 119 cm³/mol.